The number of rotatable bonds is 4. The minimum absolute atomic E-state index is 0.0614. The van der Waals surface area contributed by atoms with Crippen molar-refractivity contribution in [2.24, 2.45) is 11.3 Å². The third-order valence-corrected chi connectivity index (χ3v) is 4.97. The predicted molar refractivity (Wildman–Crippen MR) is 96.1 cm³/mol. The molecular formula is C18H17ClN2OS. The number of nitriles is 1. The van der Waals surface area contributed by atoms with Gasteiger partial charge >= 0.3 is 0 Å². The summed E-state index contributed by atoms with van der Waals surface area (Å²) in [4.78, 5) is 12.6. The third kappa shape index (κ3) is 2.95. The molecule has 23 heavy (non-hydrogen) atoms. The zero-order valence-electron chi connectivity index (χ0n) is 12.8. The number of hydrogen-bond acceptors (Lipinski definition) is 3. The summed E-state index contributed by atoms with van der Waals surface area (Å²) in [6.07, 6.45) is 2.01. The molecule has 1 fully saturated rings. The van der Waals surface area contributed by atoms with Gasteiger partial charge in [-0.2, -0.15) is 5.26 Å². The number of nitrogens with zero attached hydrogens (tertiary/aromatic N) is 1. The molecule has 118 valence electrons. The fourth-order valence-corrected chi connectivity index (χ4v) is 3.72. The van der Waals surface area contributed by atoms with Crippen molar-refractivity contribution < 1.29 is 4.79 Å². The lowest BCUT2D eigenvalue weighted by molar-refractivity contribution is -0.121. The van der Waals surface area contributed by atoms with Crippen LogP contribution in [0.5, 0.6) is 0 Å². The quantitative estimate of drug-likeness (QED) is 0.658. The monoisotopic (exact) mass is 344 g/mol. The van der Waals surface area contributed by atoms with Crippen molar-refractivity contribution in [2.75, 3.05) is 0 Å². The molecule has 2 rings (SSSR count). The molecular weight excluding hydrogens is 328 g/mol. The number of Topliss-reactive ketones (excluding diaryl/α,β-unsaturated/α-hetero) is 1. The molecule has 1 heterocycles. The Morgan fingerprint density at radius 2 is 2.13 bits per heavy atom. The van der Waals surface area contributed by atoms with Crippen LogP contribution >= 0.6 is 23.8 Å². The van der Waals surface area contributed by atoms with Gasteiger partial charge in [-0.05, 0) is 31.0 Å². The third-order valence-electron chi connectivity index (χ3n) is 4.25. The van der Waals surface area contributed by atoms with Gasteiger partial charge in [0.25, 0.3) is 0 Å². The molecule has 0 aromatic heterocycles. The first kappa shape index (κ1) is 17.4. The zero-order chi connectivity index (χ0) is 17.2. The number of hydrogen-bond donors (Lipinski definition) is 1. The van der Waals surface area contributed by atoms with Crippen LogP contribution < -0.4 is 5.32 Å². The van der Waals surface area contributed by atoms with Gasteiger partial charge in [0.15, 0.2) is 0 Å². The maximum absolute atomic E-state index is 12.3. The second-order valence-corrected chi connectivity index (χ2v) is 6.52. The second kappa shape index (κ2) is 6.66. The summed E-state index contributed by atoms with van der Waals surface area (Å²) in [6.45, 7) is 9.19. The summed E-state index contributed by atoms with van der Waals surface area (Å²) < 4.78 is 0. The van der Waals surface area contributed by atoms with E-state index in [0.29, 0.717) is 22.1 Å². The van der Waals surface area contributed by atoms with Gasteiger partial charge in [-0.15, -0.1) is 6.58 Å². The number of carbonyl (C=O) groups is 1. The largest absolute Gasteiger partial charge is 0.352 e. The number of thiocarbonyl (C=S) groups is 1. The van der Waals surface area contributed by atoms with Gasteiger partial charge in [0, 0.05) is 16.6 Å². The van der Waals surface area contributed by atoms with Crippen LogP contribution in [0.15, 0.2) is 49.2 Å². The van der Waals surface area contributed by atoms with Crippen molar-refractivity contribution in [3.05, 3.63) is 59.8 Å². The van der Waals surface area contributed by atoms with E-state index >= 15 is 0 Å². The molecule has 5 heteroatoms. The average molecular weight is 345 g/mol. The number of ketones is 1. The predicted octanol–water partition coefficient (Wildman–Crippen LogP) is 4.16. The van der Waals surface area contributed by atoms with Crippen LogP contribution in [-0.4, -0.2) is 10.8 Å². The Morgan fingerprint density at radius 3 is 2.61 bits per heavy atom. The highest BCUT2D eigenvalue weighted by Crippen LogP contribution is 2.50. The van der Waals surface area contributed by atoms with E-state index in [0.717, 1.165) is 5.56 Å². The van der Waals surface area contributed by atoms with E-state index in [4.69, 9.17) is 23.8 Å². The van der Waals surface area contributed by atoms with Gasteiger partial charge in [-0.1, -0.05) is 48.6 Å². The van der Waals surface area contributed by atoms with Gasteiger partial charge in [0.1, 0.15) is 16.2 Å². The van der Waals surface area contributed by atoms with Crippen LogP contribution in [-0.2, 0) is 4.79 Å². The Balaban J connectivity index is 2.71. The van der Waals surface area contributed by atoms with Crippen LogP contribution in [0.4, 0.5) is 0 Å². The standard InChI is InChI=1S/C18H17ClN2OS/c1-4-9-18(10-20)16(13-5-7-14(19)8-6-13)15(12(3)22)11(2)21-17(18)23/h4-8,15-16H,1-2,9H2,3H3,(H,21,23). The zero-order valence-corrected chi connectivity index (χ0v) is 14.4. The summed E-state index contributed by atoms with van der Waals surface area (Å²) in [5.41, 5.74) is 0.322. The molecule has 0 amide bonds. The summed E-state index contributed by atoms with van der Waals surface area (Å²) in [7, 11) is 0. The number of benzene rings is 1. The minimum Gasteiger partial charge on any atom is -0.352 e. The number of nitrogens with one attached hydrogen (secondary N) is 1. The van der Waals surface area contributed by atoms with Crippen LogP contribution in [0.1, 0.15) is 24.8 Å². The lowest BCUT2D eigenvalue weighted by atomic mass is 9.61. The highest BCUT2D eigenvalue weighted by Gasteiger charge is 2.52. The highest BCUT2D eigenvalue weighted by atomic mass is 35.5. The van der Waals surface area contributed by atoms with Crippen molar-refractivity contribution in [1.82, 2.24) is 5.32 Å². The molecule has 0 aliphatic carbocycles. The molecule has 1 aromatic carbocycles. The van der Waals surface area contributed by atoms with Crippen LogP contribution in [0.3, 0.4) is 0 Å². The molecule has 0 radical (unpaired) electrons. The SMILES string of the molecule is C=CCC1(C#N)C(=S)NC(=C)C(C(C)=O)C1c1ccc(Cl)cc1. The topological polar surface area (TPSA) is 52.9 Å². The molecule has 1 N–H and O–H groups in total. The Morgan fingerprint density at radius 1 is 1.52 bits per heavy atom. The number of piperidine rings is 1. The van der Waals surface area contributed by atoms with Gasteiger partial charge in [0.2, 0.25) is 0 Å². The van der Waals surface area contributed by atoms with E-state index in [1.54, 1.807) is 18.2 Å². The van der Waals surface area contributed by atoms with E-state index in [1.165, 1.54) is 6.92 Å². The van der Waals surface area contributed by atoms with Crippen LogP contribution in [0.25, 0.3) is 0 Å². The second-order valence-electron chi connectivity index (χ2n) is 5.67. The molecule has 0 saturated carbocycles. The number of halogens is 1. The highest BCUT2D eigenvalue weighted by molar-refractivity contribution is 7.80. The molecule has 1 aliphatic rings. The van der Waals surface area contributed by atoms with E-state index < -0.39 is 17.3 Å². The fourth-order valence-electron chi connectivity index (χ4n) is 3.20. The van der Waals surface area contributed by atoms with Crippen molar-refractivity contribution in [1.29, 1.82) is 5.26 Å². The Bertz CT molecular complexity index is 720. The van der Waals surface area contributed by atoms with Gasteiger partial charge in [0.05, 0.1) is 12.0 Å². The van der Waals surface area contributed by atoms with Crippen LogP contribution in [0.2, 0.25) is 5.02 Å². The lowest BCUT2D eigenvalue weighted by Gasteiger charge is -2.45. The van der Waals surface area contributed by atoms with Crippen molar-refractivity contribution in [3.8, 4) is 6.07 Å². The van der Waals surface area contributed by atoms with E-state index in [9.17, 15) is 10.1 Å². The Hall–Kier alpha value is -1.96. The van der Waals surface area contributed by atoms with E-state index in [-0.39, 0.29) is 5.78 Å². The van der Waals surface area contributed by atoms with Gasteiger partial charge in [-0.3, -0.25) is 4.79 Å². The molecule has 0 bridgehead atoms. The number of carbonyl (C=O) groups excluding carboxylic acids is 1. The van der Waals surface area contributed by atoms with Gasteiger partial charge < -0.3 is 5.32 Å². The van der Waals surface area contributed by atoms with E-state index in [2.05, 4.69) is 24.5 Å². The van der Waals surface area contributed by atoms with E-state index in [1.807, 2.05) is 12.1 Å². The maximum atomic E-state index is 12.3. The first-order chi connectivity index (χ1) is 10.9. The molecule has 3 unspecified atom stereocenters. The summed E-state index contributed by atoms with van der Waals surface area (Å²) >= 11 is 11.4. The van der Waals surface area contributed by atoms with Crippen molar-refractivity contribution in [2.45, 2.75) is 19.3 Å². The summed E-state index contributed by atoms with van der Waals surface area (Å²) in [5, 5.41) is 13.5. The normalized spacial score (nSPS) is 27.0. The van der Waals surface area contributed by atoms with Crippen molar-refractivity contribution in [3.63, 3.8) is 0 Å². The average Bonchev–Trinajstić information content (AvgIpc) is 2.50. The first-order valence-corrected chi connectivity index (χ1v) is 7.94. The van der Waals surface area contributed by atoms with Gasteiger partial charge in [-0.25, -0.2) is 0 Å². The minimum atomic E-state index is -1.04. The molecule has 3 atom stereocenters. The first-order valence-electron chi connectivity index (χ1n) is 7.15. The smallest absolute Gasteiger partial charge is 0.139 e. The van der Waals surface area contributed by atoms with Crippen LogP contribution in [0, 0.1) is 22.7 Å². The molecule has 1 aliphatic heterocycles. The number of allylic oxidation sites excluding steroid dienone is 2. The Labute approximate surface area is 146 Å². The molecule has 0 spiro atoms. The maximum Gasteiger partial charge on any atom is 0.139 e. The Kier molecular flexibility index (Phi) is 5.03. The summed E-state index contributed by atoms with van der Waals surface area (Å²) in [5.74, 6) is -1.03. The van der Waals surface area contributed by atoms with Crippen molar-refractivity contribution >= 4 is 34.6 Å². The molecule has 1 saturated heterocycles. The fraction of sp³-hybridized carbons (Fsp3) is 0.278. The molecule has 3 nitrogen and oxygen atoms in total. The summed E-state index contributed by atoms with van der Waals surface area (Å²) in [6, 6.07) is 9.50. The lowest BCUT2D eigenvalue weighted by Crippen LogP contribution is -2.53. The molecule has 1 aromatic rings.